The third-order valence-corrected chi connectivity index (χ3v) is 2.79. The summed E-state index contributed by atoms with van der Waals surface area (Å²) in [6.45, 7) is 2.24. The lowest BCUT2D eigenvalue weighted by atomic mass is 10.1. The minimum atomic E-state index is -0.838. The molecule has 0 saturated carbocycles. The Labute approximate surface area is 111 Å². The third kappa shape index (κ3) is 14.9. The van der Waals surface area contributed by atoms with Crippen molar-refractivity contribution in [3.05, 3.63) is 12.3 Å². The fourth-order valence-electron chi connectivity index (χ4n) is 1.72. The zero-order valence-corrected chi connectivity index (χ0v) is 11.6. The molecule has 0 unspecified atom stereocenters. The van der Waals surface area contributed by atoms with E-state index in [0.29, 0.717) is 0 Å². The molecule has 0 atom stereocenters. The number of carbonyl (C=O) groups is 1. The summed E-state index contributed by atoms with van der Waals surface area (Å²) in [5, 5.41) is 8.38. The minimum absolute atomic E-state index is 0.00208. The molecule has 0 radical (unpaired) electrons. The average Bonchev–Trinajstić information content (AvgIpc) is 2.34. The van der Waals surface area contributed by atoms with Crippen LogP contribution in [-0.2, 0) is 4.79 Å². The maximum Gasteiger partial charge on any atom is 0.308 e. The molecule has 0 aliphatic rings. The standard InChI is InChI=1S/C15H27NO2/c1-2-3-4-5-6-7-8-9-10-11-13-16-14-12-15(17)18/h11,13-14H,2-10,12H2,1H3,(H,17,18). The van der Waals surface area contributed by atoms with Crippen molar-refractivity contribution in [2.24, 2.45) is 4.99 Å². The summed E-state index contributed by atoms with van der Waals surface area (Å²) in [7, 11) is 0. The summed E-state index contributed by atoms with van der Waals surface area (Å²) >= 11 is 0. The van der Waals surface area contributed by atoms with Gasteiger partial charge in [0.2, 0.25) is 0 Å². The molecular weight excluding hydrogens is 226 g/mol. The highest BCUT2D eigenvalue weighted by Gasteiger charge is 1.90. The summed E-state index contributed by atoms with van der Waals surface area (Å²) in [5.41, 5.74) is 0. The summed E-state index contributed by atoms with van der Waals surface area (Å²) < 4.78 is 0. The molecule has 0 rings (SSSR count). The van der Waals surface area contributed by atoms with Crippen molar-refractivity contribution in [3.8, 4) is 0 Å². The number of carboxylic acid groups (broad SMARTS) is 1. The number of aliphatic carboxylic acids is 1. The lowest BCUT2D eigenvalue weighted by Crippen LogP contribution is -1.93. The van der Waals surface area contributed by atoms with Gasteiger partial charge in [0, 0.05) is 12.4 Å². The second kappa shape index (κ2) is 13.9. The van der Waals surface area contributed by atoms with Crippen LogP contribution in [0.15, 0.2) is 17.3 Å². The van der Waals surface area contributed by atoms with Gasteiger partial charge < -0.3 is 5.11 Å². The Morgan fingerprint density at radius 1 is 1.06 bits per heavy atom. The quantitative estimate of drug-likeness (QED) is 0.409. The molecule has 104 valence electrons. The molecule has 0 fully saturated rings. The maximum atomic E-state index is 10.2. The van der Waals surface area contributed by atoms with Crippen LogP contribution in [0, 0.1) is 0 Å². The van der Waals surface area contributed by atoms with Crippen LogP contribution in [0.25, 0.3) is 0 Å². The molecule has 0 saturated heterocycles. The molecule has 0 bridgehead atoms. The molecule has 0 aliphatic heterocycles. The van der Waals surface area contributed by atoms with E-state index in [4.69, 9.17) is 5.11 Å². The SMILES string of the molecule is CCCCCCCCCCC=CN=CCC(=O)O. The number of nitrogens with zero attached hydrogens (tertiary/aromatic N) is 1. The number of aliphatic imine (C=N–C) groups is 1. The smallest absolute Gasteiger partial charge is 0.308 e. The number of unbranched alkanes of at least 4 members (excludes halogenated alkanes) is 8. The summed E-state index contributed by atoms with van der Waals surface area (Å²) in [6, 6.07) is 0. The Kier molecular flexibility index (Phi) is 13.1. The van der Waals surface area contributed by atoms with Crippen molar-refractivity contribution >= 4 is 12.2 Å². The number of hydrogen-bond acceptors (Lipinski definition) is 2. The first kappa shape index (κ1) is 16.9. The van der Waals surface area contributed by atoms with Crippen LogP contribution >= 0.6 is 0 Å². The lowest BCUT2D eigenvalue weighted by molar-refractivity contribution is -0.135. The molecule has 0 aromatic carbocycles. The van der Waals surface area contributed by atoms with Crippen LogP contribution in [0.3, 0.4) is 0 Å². The zero-order chi connectivity index (χ0) is 13.5. The van der Waals surface area contributed by atoms with E-state index in [1.54, 1.807) is 6.20 Å². The Bertz CT molecular complexity index is 247. The second-order valence-corrected chi connectivity index (χ2v) is 4.58. The molecule has 0 aromatic heterocycles. The van der Waals surface area contributed by atoms with Crippen molar-refractivity contribution in [2.45, 2.75) is 71.1 Å². The summed E-state index contributed by atoms with van der Waals surface area (Å²) in [6.07, 6.45) is 16.8. The normalized spacial score (nSPS) is 11.6. The van der Waals surface area contributed by atoms with E-state index in [9.17, 15) is 4.79 Å². The minimum Gasteiger partial charge on any atom is -0.481 e. The molecule has 0 aliphatic carbocycles. The van der Waals surface area contributed by atoms with Crippen molar-refractivity contribution in [1.29, 1.82) is 0 Å². The second-order valence-electron chi connectivity index (χ2n) is 4.58. The van der Waals surface area contributed by atoms with Gasteiger partial charge in [0.05, 0.1) is 6.42 Å². The molecule has 0 aromatic rings. The highest BCUT2D eigenvalue weighted by Crippen LogP contribution is 2.09. The monoisotopic (exact) mass is 253 g/mol. The van der Waals surface area contributed by atoms with Gasteiger partial charge in [-0.15, -0.1) is 0 Å². The van der Waals surface area contributed by atoms with Crippen LogP contribution < -0.4 is 0 Å². The van der Waals surface area contributed by atoms with Gasteiger partial charge in [0.15, 0.2) is 0 Å². The maximum absolute atomic E-state index is 10.2. The van der Waals surface area contributed by atoms with E-state index < -0.39 is 5.97 Å². The molecule has 3 heteroatoms. The zero-order valence-electron chi connectivity index (χ0n) is 11.6. The lowest BCUT2D eigenvalue weighted by Gasteiger charge is -1.99. The predicted octanol–water partition coefficient (Wildman–Crippen LogP) is 4.58. The molecule has 0 amide bonds. The Hall–Kier alpha value is -1.12. The van der Waals surface area contributed by atoms with Crippen molar-refractivity contribution in [2.75, 3.05) is 0 Å². The predicted molar refractivity (Wildman–Crippen MR) is 77.1 cm³/mol. The first-order valence-electron chi connectivity index (χ1n) is 7.15. The van der Waals surface area contributed by atoms with Gasteiger partial charge in [-0.2, -0.15) is 0 Å². The van der Waals surface area contributed by atoms with Gasteiger partial charge in [-0.05, 0) is 12.8 Å². The van der Waals surface area contributed by atoms with Gasteiger partial charge >= 0.3 is 5.97 Å². The van der Waals surface area contributed by atoms with Gasteiger partial charge in [-0.25, -0.2) is 0 Å². The fraction of sp³-hybridized carbons (Fsp3) is 0.733. The molecule has 1 N–H and O–H groups in total. The topological polar surface area (TPSA) is 49.7 Å². The van der Waals surface area contributed by atoms with Crippen LogP contribution in [0.2, 0.25) is 0 Å². The first-order chi connectivity index (χ1) is 8.77. The highest BCUT2D eigenvalue weighted by molar-refractivity contribution is 5.84. The third-order valence-electron chi connectivity index (χ3n) is 2.79. The summed E-state index contributed by atoms with van der Waals surface area (Å²) in [5.74, 6) is -0.838. The Morgan fingerprint density at radius 2 is 1.67 bits per heavy atom. The van der Waals surface area contributed by atoms with E-state index in [1.807, 2.05) is 6.08 Å². The average molecular weight is 253 g/mol. The van der Waals surface area contributed by atoms with Crippen molar-refractivity contribution < 1.29 is 9.90 Å². The van der Waals surface area contributed by atoms with Crippen LogP contribution in [0.5, 0.6) is 0 Å². The molecule has 3 nitrogen and oxygen atoms in total. The molecule has 18 heavy (non-hydrogen) atoms. The molecular formula is C15H27NO2. The van der Waals surface area contributed by atoms with Gasteiger partial charge in [0.25, 0.3) is 0 Å². The highest BCUT2D eigenvalue weighted by atomic mass is 16.4. The Morgan fingerprint density at radius 3 is 2.28 bits per heavy atom. The van der Waals surface area contributed by atoms with Crippen molar-refractivity contribution in [1.82, 2.24) is 0 Å². The van der Waals surface area contributed by atoms with E-state index in [2.05, 4.69) is 11.9 Å². The fourth-order valence-corrected chi connectivity index (χ4v) is 1.72. The van der Waals surface area contributed by atoms with E-state index in [-0.39, 0.29) is 6.42 Å². The van der Waals surface area contributed by atoms with E-state index >= 15 is 0 Å². The first-order valence-corrected chi connectivity index (χ1v) is 7.15. The van der Waals surface area contributed by atoms with Crippen LogP contribution in [-0.4, -0.2) is 17.3 Å². The number of allylic oxidation sites excluding steroid dienone is 1. The van der Waals surface area contributed by atoms with E-state index in [1.165, 1.54) is 57.6 Å². The van der Waals surface area contributed by atoms with Gasteiger partial charge in [-0.1, -0.05) is 57.9 Å². The van der Waals surface area contributed by atoms with Crippen LogP contribution in [0.1, 0.15) is 71.1 Å². The number of carboxylic acids is 1. The summed E-state index contributed by atoms with van der Waals surface area (Å²) in [4.78, 5) is 14.1. The van der Waals surface area contributed by atoms with Gasteiger partial charge in [0.1, 0.15) is 0 Å². The molecule has 0 spiro atoms. The van der Waals surface area contributed by atoms with Crippen LogP contribution in [0.4, 0.5) is 0 Å². The number of rotatable bonds is 12. The number of hydrogen-bond donors (Lipinski definition) is 1. The van der Waals surface area contributed by atoms with E-state index in [0.717, 1.165) is 6.42 Å². The Balaban J connectivity index is 3.17. The van der Waals surface area contributed by atoms with Gasteiger partial charge in [-0.3, -0.25) is 9.79 Å². The largest absolute Gasteiger partial charge is 0.481 e. The molecule has 0 heterocycles. The van der Waals surface area contributed by atoms with Crippen molar-refractivity contribution in [3.63, 3.8) is 0 Å².